The average Bonchev–Trinajstić information content (AvgIpc) is 2.25. The predicted molar refractivity (Wildman–Crippen MR) is 61.4 cm³/mol. The van der Waals surface area contributed by atoms with Crippen molar-refractivity contribution in [2.75, 3.05) is 6.61 Å². The Hall–Kier alpha value is -1.29. The fraction of sp³-hybridized carbons (Fsp3) is 0.583. The van der Waals surface area contributed by atoms with Crippen LogP contribution in [0.15, 0.2) is 23.5 Å². The van der Waals surface area contributed by atoms with Crippen molar-refractivity contribution in [3.8, 4) is 0 Å². The van der Waals surface area contributed by atoms with Gasteiger partial charge in [0.2, 0.25) is 0 Å². The molecule has 1 heterocycles. The van der Waals surface area contributed by atoms with E-state index in [4.69, 9.17) is 15.6 Å². The van der Waals surface area contributed by atoms with Crippen LogP contribution in [0.2, 0.25) is 0 Å². The molecule has 0 aromatic carbocycles. The maximum Gasteiger partial charge on any atom is 0.283 e. The number of hydrogen-bond donors (Lipinski definition) is 2. The molecule has 1 amide bonds. The normalized spacial score (nSPS) is 20.1. The van der Waals surface area contributed by atoms with E-state index in [1.807, 2.05) is 6.08 Å². The third kappa shape index (κ3) is 3.38. The van der Waals surface area contributed by atoms with Crippen LogP contribution in [0.4, 0.5) is 0 Å². The Labute approximate surface area is 95.8 Å². The third-order valence-electron chi connectivity index (χ3n) is 2.51. The van der Waals surface area contributed by atoms with E-state index >= 15 is 0 Å². The zero-order valence-corrected chi connectivity index (χ0v) is 9.77. The lowest BCUT2D eigenvalue weighted by molar-refractivity contribution is -0.118. The lowest BCUT2D eigenvalue weighted by Gasteiger charge is -2.23. The Morgan fingerprint density at radius 2 is 2.31 bits per heavy atom. The Morgan fingerprint density at radius 1 is 1.62 bits per heavy atom. The molecule has 16 heavy (non-hydrogen) atoms. The minimum atomic E-state index is -0.541. The van der Waals surface area contributed by atoms with Crippen LogP contribution >= 0.6 is 0 Å². The summed E-state index contributed by atoms with van der Waals surface area (Å²) in [6.45, 7) is 4.23. The predicted octanol–water partition coefficient (Wildman–Crippen LogP) is 1.11. The van der Waals surface area contributed by atoms with Gasteiger partial charge in [-0.15, -0.1) is 0 Å². The first-order valence-corrected chi connectivity index (χ1v) is 5.55. The van der Waals surface area contributed by atoms with E-state index in [1.165, 1.54) is 0 Å². The van der Waals surface area contributed by atoms with Crippen LogP contribution in [-0.4, -0.2) is 23.7 Å². The SMILES string of the molecule is CC(C)C1=CC(CCCO)OC(C(N)=O)=C1. The highest BCUT2D eigenvalue weighted by atomic mass is 16.5. The van der Waals surface area contributed by atoms with Gasteiger partial charge in [0, 0.05) is 6.61 Å². The molecular formula is C12H19NO3. The molecule has 1 atom stereocenters. The Balaban J connectivity index is 2.78. The van der Waals surface area contributed by atoms with Crippen LogP contribution in [0, 0.1) is 5.92 Å². The summed E-state index contributed by atoms with van der Waals surface area (Å²) in [4.78, 5) is 11.1. The molecule has 0 fully saturated rings. The number of ether oxygens (including phenoxy) is 1. The Kier molecular flexibility index (Phi) is 4.55. The highest BCUT2D eigenvalue weighted by molar-refractivity contribution is 5.90. The molecule has 0 saturated heterocycles. The number of carbonyl (C=O) groups excluding carboxylic acids is 1. The molecule has 0 aromatic rings. The van der Waals surface area contributed by atoms with Gasteiger partial charge in [0.05, 0.1) is 0 Å². The molecule has 0 spiro atoms. The molecule has 0 aliphatic carbocycles. The second kappa shape index (κ2) is 5.70. The van der Waals surface area contributed by atoms with Crippen molar-refractivity contribution in [1.82, 2.24) is 0 Å². The number of carbonyl (C=O) groups is 1. The Morgan fingerprint density at radius 3 is 2.81 bits per heavy atom. The molecule has 0 saturated carbocycles. The average molecular weight is 225 g/mol. The van der Waals surface area contributed by atoms with Crippen LogP contribution < -0.4 is 5.73 Å². The number of aliphatic hydroxyl groups excluding tert-OH is 1. The number of rotatable bonds is 5. The van der Waals surface area contributed by atoms with Gasteiger partial charge in [-0.1, -0.05) is 13.8 Å². The second-order valence-electron chi connectivity index (χ2n) is 4.22. The van der Waals surface area contributed by atoms with Gasteiger partial charge in [0.15, 0.2) is 5.76 Å². The summed E-state index contributed by atoms with van der Waals surface area (Å²) in [6.07, 6.45) is 4.88. The molecule has 1 unspecified atom stereocenters. The van der Waals surface area contributed by atoms with Crippen molar-refractivity contribution in [3.63, 3.8) is 0 Å². The summed E-state index contributed by atoms with van der Waals surface area (Å²) in [6, 6.07) is 0. The first kappa shape index (κ1) is 12.8. The van der Waals surface area contributed by atoms with Crippen molar-refractivity contribution in [2.45, 2.75) is 32.8 Å². The van der Waals surface area contributed by atoms with E-state index in [-0.39, 0.29) is 18.5 Å². The maximum absolute atomic E-state index is 11.1. The van der Waals surface area contributed by atoms with Crippen molar-refractivity contribution in [1.29, 1.82) is 0 Å². The molecule has 1 rings (SSSR count). The summed E-state index contributed by atoms with van der Waals surface area (Å²) in [5.74, 6) is 0.00395. The summed E-state index contributed by atoms with van der Waals surface area (Å²) >= 11 is 0. The smallest absolute Gasteiger partial charge is 0.283 e. The molecule has 0 radical (unpaired) electrons. The zero-order chi connectivity index (χ0) is 12.1. The number of aliphatic hydroxyl groups is 1. The van der Waals surface area contributed by atoms with Crippen LogP contribution in [-0.2, 0) is 9.53 Å². The van der Waals surface area contributed by atoms with Crippen molar-refractivity contribution in [3.05, 3.63) is 23.5 Å². The quantitative estimate of drug-likeness (QED) is 0.736. The largest absolute Gasteiger partial charge is 0.481 e. The van der Waals surface area contributed by atoms with Gasteiger partial charge in [-0.25, -0.2) is 0 Å². The number of primary amides is 1. The van der Waals surface area contributed by atoms with E-state index in [0.717, 1.165) is 5.57 Å². The van der Waals surface area contributed by atoms with Crippen LogP contribution in [0.3, 0.4) is 0 Å². The summed E-state index contributed by atoms with van der Waals surface area (Å²) in [7, 11) is 0. The summed E-state index contributed by atoms with van der Waals surface area (Å²) in [5.41, 5.74) is 6.27. The molecular weight excluding hydrogens is 206 g/mol. The lowest BCUT2D eigenvalue weighted by atomic mass is 9.97. The summed E-state index contributed by atoms with van der Waals surface area (Å²) < 4.78 is 5.43. The number of allylic oxidation sites excluding steroid dienone is 2. The van der Waals surface area contributed by atoms with Gasteiger partial charge >= 0.3 is 0 Å². The third-order valence-corrected chi connectivity index (χ3v) is 2.51. The monoisotopic (exact) mass is 225 g/mol. The van der Waals surface area contributed by atoms with Crippen molar-refractivity contribution < 1.29 is 14.6 Å². The zero-order valence-electron chi connectivity index (χ0n) is 9.77. The van der Waals surface area contributed by atoms with Crippen LogP contribution in [0.1, 0.15) is 26.7 Å². The minimum absolute atomic E-state index is 0.125. The van der Waals surface area contributed by atoms with Gasteiger partial charge in [0.1, 0.15) is 6.10 Å². The number of amides is 1. The molecule has 3 N–H and O–H groups in total. The van der Waals surface area contributed by atoms with E-state index in [0.29, 0.717) is 18.8 Å². The van der Waals surface area contributed by atoms with E-state index in [9.17, 15) is 4.79 Å². The van der Waals surface area contributed by atoms with Crippen molar-refractivity contribution >= 4 is 5.91 Å². The van der Waals surface area contributed by atoms with Gasteiger partial charge < -0.3 is 15.6 Å². The topological polar surface area (TPSA) is 72.6 Å². The lowest BCUT2D eigenvalue weighted by Crippen LogP contribution is -2.24. The standard InChI is InChI=1S/C12H19NO3/c1-8(2)9-6-10(4-3-5-14)16-11(7-9)12(13)15/h6-8,10,14H,3-5H2,1-2H3,(H2,13,15). The molecule has 4 nitrogen and oxygen atoms in total. The minimum Gasteiger partial charge on any atom is -0.481 e. The van der Waals surface area contributed by atoms with Gasteiger partial charge in [-0.05, 0) is 36.5 Å². The van der Waals surface area contributed by atoms with Gasteiger partial charge in [0.25, 0.3) is 5.91 Å². The molecule has 0 bridgehead atoms. The van der Waals surface area contributed by atoms with Gasteiger partial charge in [-0.2, -0.15) is 0 Å². The highest BCUT2D eigenvalue weighted by Crippen LogP contribution is 2.23. The van der Waals surface area contributed by atoms with E-state index < -0.39 is 5.91 Å². The van der Waals surface area contributed by atoms with E-state index in [1.54, 1.807) is 6.08 Å². The first-order chi connectivity index (χ1) is 7.54. The molecule has 0 aromatic heterocycles. The molecule has 90 valence electrons. The fourth-order valence-corrected chi connectivity index (χ4v) is 1.57. The summed E-state index contributed by atoms with van der Waals surface area (Å²) in [5, 5.41) is 8.76. The Bertz CT molecular complexity index is 318. The maximum atomic E-state index is 11.1. The highest BCUT2D eigenvalue weighted by Gasteiger charge is 2.20. The first-order valence-electron chi connectivity index (χ1n) is 5.55. The van der Waals surface area contributed by atoms with Crippen molar-refractivity contribution in [2.24, 2.45) is 11.7 Å². The van der Waals surface area contributed by atoms with Crippen LogP contribution in [0.5, 0.6) is 0 Å². The van der Waals surface area contributed by atoms with Crippen LogP contribution in [0.25, 0.3) is 0 Å². The molecule has 1 aliphatic heterocycles. The number of hydrogen-bond acceptors (Lipinski definition) is 3. The fourth-order valence-electron chi connectivity index (χ4n) is 1.57. The molecule has 4 heteroatoms. The number of nitrogens with two attached hydrogens (primary N) is 1. The second-order valence-corrected chi connectivity index (χ2v) is 4.22. The van der Waals surface area contributed by atoms with Gasteiger partial charge in [-0.3, -0.25) is 4.79 Å². The van der Waals surface area contributed by atoms with E-state index in [2.05, 4.69) is 13.8 Å². The molecule has 1 aliphatic rings.